The van der Waals surface area contributed by atoms with Crippen LogP contribution >= 0.6 is 0 Å². The van der Waals surface area contributed by atoms with Gasteiger partial charge in [0.15, 0.2) is 0 Å². The number of aromatic hydroxyl groups is 1. The van der Waals surface area contributed by atoms with Crippen molar-refractivity contribution in [3.63, 3.8) is 0 Å². The first kappa shape index (κ1) is 39.4. The largest absolute Gasteiger partial charge is 0.508 e. The van der Waals surface area contributed by atoms with E-state index in [9.17, 15) is 19.5 Å². The van der Waals surface area contributed by atoms with Gasteiger partial charge in [-0.2, -0.15) is 0 Å². The van der Waals surface area contributed by atoms with Gasteiger partial charge in [-0.1, -0.05) is 36.4 Å². The number of fused-ring (bicyclic) bond motifs is 4. The number of imide groups is 1. The molecule has 0 unspecified atom stereocenters. The molecule has 3 atom stereocenters. The smallest absolute Gasteiger partial charge is 0.255 e. The highest BCUT2D eigenvalue weighted by Gasteiger charge is 2.49. The molecule has 4 fully saturated rings. The van der Waals surface area contributed by atoms with Crippen LogP contribution in [-0.4, -0.2) is 85.1 Å². The van der Waals surface area contributed by atoms with E-state index in [1.54, 1.807) is 24.1 Å². The number of rotatable bonds is 7. The van der Waals surface area contributed by atoms with Crippen LogP contribution in [0.15, 0.2) is 72.8 Å². The Kier molecular flexibility index (Phi) is 9.63. The molecular formula is C51H55FN4O6. The van der Waals surface area contributed by atoms with E-state index in [4.69, 9.17) is 9.47 Å². The summed E-state index contributed by atoms with van der Waals surface area (Å²) in [4.78, 5) is 44.2. The number of methoxy groups -OCH3 is 1. The zero-order chi connectivity index (χ0) is 42.3. The molecule has 2 aliphatic carbocycles. The fourth-order valence-corrected chi connectivity index (χ4v) is 12.6. The number of benzene rings is 4. The van der Waals surface area contributed by atoms with Crippen LogP contribution in [-0.2, 0) is 28.0 Å². The first-order chi connectivity index (χ1) is 30.1. The molecule has 10 nitrogen and oxygen atoms in total. The highest BCUT2D eigenvalue weighted by Crippen LogP contribution is 2.53. The van der Waals surface area contributed by atoms with Gasteiger partial charge in [0.25, 0.3) is 5.91 Å². The van der Waals surface area contributed by atoms with Crippen molar-refractivity contribution >= 4 is 23.4 Å². The van der Waals surface area contributed by atoms with Gasteiger partial charge in [-0.25, -0.2) is 4.39 Å². The Morgan fingerprint density at radius 2 is 1.66 bits per heavy atom. The second kappa shape index (κ2) is 15.1. The Morgan fingerprint density at radius 1 is 0.871 bits per heavy atom. The normalized spacial score (nSPS) is 25.3. The van der Waals surface area contributed by atoms with Gasteiger partial charge in [-0.15, -0.1) is 0 Å². The highest BCUT2D eigenvalue weighted by molar-refractivity contribution is 6.05. The van der Waals surface area contributed by atoms with Crippen LogP contribution in [0.3, 0.4) is 0 Å². The molecule has 11 heteroatoms. The van der Waals surface area contributed by atoms with E-state index in [0.29, 0.717) is 42.5 Å². The van der Waals surface area contributed by atoms with Crippen LogP contribution in [0.2, 0.25) is 0 Å². The second-order valence-corrected chi connectivity index (χ2v) is 19.5. The molecule has 4 aromatic rings. The third-order valence-electron chi connectivity index (χ3n) is 16.0. The number of nitrogens with one attached hydrogen (secondary N) is 1. The lowest BCUT2D eigenvalue weighted by Crippen LogP contribution is -2.58. The molecule has 7 aliphatic rings. The van der Waals surface area contributed by atoms with Crippen molar-refractivity contribution in [1.82, 2.24) is 15.1 Å². The minimum atomic E-state index is -0.624. The van der Waals surface area contributed by atoms with E-state index in [1.165, 1.54) is 24.0 Å². The van der Waals surface area contributed by atoms with Crippen LogP contribution in [0.4, 0.5) is 10.1 Å². The fourth-order valence-electron chi connectivity index (χ4n) is 12.6. The van der Waals surface area contributed by atoms with E-state index in [2.05, 4.69) is 45.4 Å². The lowest BCUT2D eigenvalue weighted by atomic mass is 9.65. The summed E-state index contributed by atoms with van der Waals surface area (Å²) < 4.78 is 28.8. The monoisotopic (exact) mass is 838 g/mol. The SMILES string of the molecule is COc1cc(N2CC3(CCC(CN4CCC5(CC4)COc4cc6c(cc45)CN([C@H]4CCC(=O)NC4=O)C6=O)CC3)C2)c(F)cc1[C@H]1c2ccc(O)cc2CC[C@H]1c1ccccc1. The molecule has 1 saturated carbocycles. The summed E-state index contributed by atoms with van der Waals surface area (Å²) in [5, 5.41) is 12.7. The summed E-state index contributed by atoms with van der Waals surface area (Å²) in [6, 6.07) is 23.2. The number of ether oxygens (including phenoxy) is 2. The number of carbonyl (C=O) groups is 3. The van der Waals surface area contributed by atoms with Crippen molar-refractivity contribution in [2.75, 3.05) is 51.3 Å². The van der Waals surface area contributed by atoms with E-state index < -0.39 is 6.04 Å². The first-order valence-electron chi connectivity index (χ1n) is 22.8. The third kappa shape index (κ3) is 6.64. The molecule has 5 aliphatic heterocycles. The standard InChI is InChI=1S/C51H55FN4O6/c1-61-44-25-43(41(52)23-39(44)47-36(32-5-3-2-4-6-32)9-7-33-21-35(57)8-10-37(33)47)55-28-50(29-55)15-13-31(14-16-50)26-54-19-17-51(18-20-54)30-62-45-24-38-34(22-40(45)51)27-56(49(38)60)42-11-12-46(58)53-48(42)59/h2-6,8,10,21-25,31,36,42,47,57H,7,9,11-20,26-30H2,1H3,(H,53,58,59)/t36-,42-,47+/m0/s1. The number of aryl methyl sites for hydroxylation is 1. The van der Waals surface area contributed by atoms with Crippen molar-refractivity contribution in [3.8, 4) is 17.2 Å². The van der Waals surface area contributed by atoms with Gasteiger partial charge < -0.3 is 29.3 Å². The quantitative estimate of drug-likeness (QED) is 0.184. The average molecular weight is 839 g/mol. The average Bonchev–Trinajstić information content (AvgIpc) is 3.78. The summed E-state index contributed by atoms with van der Waals surface area (Å²) in [5.74, 6) is 1.44. The molecule has 2 N–H and O–H groups in total. The second-order valence-electron chi connectivity index (χ2n) is 19.5. The molecule has 3 saturated heterocycles. The van der Waals surface area contributed by atoms with E-state index in [1.807, 2.05) is 30.3 Å². The third-order valence-corrected chi connectivity index (χ3v) is 16.0. The lowest BCUT2D eigenvalue weighted by Gasteiger charge is -2.55. The molecule has 62 heavy (non-hydrogen) atoms. The number of likely N-dealkylation sites (tertiary alicyclic amines) is 1. The molecule has 3 amide bonds. The van der Waals surface area contributed by atoms with Crippen LogP contribution in [0.25, 0.3) is 0 Å². The predicted molar refractivity (Wildman–Crippen MR) is 232 cm³/mol. The van der Waals surface area contributed by atoms with Crippen molar-refractivity contribution in [1.29, 1.82) is 0 Å². The molecule has 11 rings (SSSR count). The molecule has 2 spiro atoms. The number of hydrogen-bond donors (Lipinski definition) is 2. The van der Waals surface area contributed by atoms with Gasteiger partial charge in [-0.05, 0) is 135 Å². The zero-order valence-corrected chi connectivity index (χ0v) is 35.5. The van der Waals surface area contributed by atoms with Crippen LogP contribution in [0.5, 0.6) is 17.2 Å². The predicted octanol–water partition coefficient (Wildman–Crippen LogP) is 7.59. The van der Waals surface area contributed by atoms with Crippen molar-refractivity contribution < 1.29 is 33.4 Å². The Morgan fingerprint density at radius 3 is 2.42 bits per heavy atom. The van der Waals surface area contributed by atoms with Crippen LogP contribution < -0.4 is 19.7 Å². The number of nitrogens with zero attached hydrogens (tertiary/aromatic N) is 3. The molecule has 0 bridgehead atoms. The fraction of sp³-hybridized carbons (Fsp3) is 0.471. The Bertz CT molecular complexity index is 2450. The zero-order valence-electron chi connectivity index (χ0n) is 35.5. The highest BCUT2D eigenvalue weighted by atomic mass is 19.1. The number of carbonyl (C=O) groups excluding carboxylic acids is 3. The van der Waals surface area contributed by atoms with Gasteiger partial charge in [0.05, 0.1) is 19.4 Å². The van der Waals surface area contributed by atoms with E-state index >= 15 is 4.39 Å². The lowest BCUT2D eigenvalue weighted by molar-refractivity contribution is -0.136. The number of phenolic OH excluding ortho intramolecular Hbond substituents is 1. The maximum absolute atomic E-state index is 16.4. The van der Waals surface area contributed by atoms with Crippen LogP contribution in [0, 0.1) is 17.2 Å². The number of phenols is 1. The molecule has 4 aromatic carbocycles. The summed E-state index contributed by atoms with van der Waals surface area (Å²) in [5.41, 5.74) is 7.85. The van der Waals surface area contributed by atoms with Crippen LogP contribution in [0.1, 0.15) is 113 Å². The van der Waals surface area contributed by atoms with Crippen molar-refractivity contribution in [2.45, 2.75) is 94.0 Å². The van der Waals surface area contributed by atoms with Gasteiger partial charge >= 0.3 is 0 Å². The Hall–Kier alpha value is -5.42. The van der Waals surface area contributed by atoms with E-state index in [0.717, 1.165) is 99.3 Å². The minimum absolute atomic E-state index is 0.0669. The summed E-state index contributed by atoms with van der Waals surface area (Å²) in [6.07, 6.45) is 9.06. The minimum Gasteiger partial charge on any atom is -0.508 e. The van der Waals surface area contributed by atoms with E-state index in [-0.39, 0.29) is 58.4 Å². The van der Waals surface area contributed by atoms with Gasteiger partial charge in [0.1, 0.15) is 29.1 Å². The maximum atomic E-state index is 16.4. The molecule has 5 heterocycles. The number of halogens is 1. The summed E-state index contributed by atoms with van der Waals surface area (Å²) in [7, 11) is 1.69. The molecule has 0 aromatic heterocycles. The maximum Gasteiger partial charge on any atom is 0.255 e. The number of hydrogen-bond acceptors (Lipinski definition) is 8. The first-order valence-corrected chi connectivity index (χ1v) is 22.8. The molecule has 0 radical (unpaired) electrons. The van der Waals surface area contributed by atoms with Crippen molar-refractivity contribution in [3.05, 3.63) is 118 Å². The summed E-state index contributed by atoms with van der Waals surface area (Å²) in [6.45, 7) is 5.86. The topological polar surface area (TPSA) is 112 Å². The number of anilines is 1. The van der Waals surface area contributed by atoms with Gasteiger partial charge in [0.2, 0.25) is 11.8 Å². The van der Waals surface area contributed by atoms with Crippen molar-refractivity contribution in [2.24, 2.45) is 11.3 Å². The number of piperidine rings is 2. The molecular weight excluding hydrogens is 784 g/mol. The summed E-state index contributed by atoms with van der Waals surface area (Å²) >= 11 is 0. The Labute approximate surface area is 362 Å². The van der Waals surface area contributed by atoms with Gasteiger partial charge in [-0.3, -0.25) is 19.7 Å². The molecule has 322 valence electrons. The number of amides is 3. The Balaban J connectivity index is 0.713. The van der Waals surface area contributed by atoms with Gasteiger partial charge in [0, 0.05) is 72.1 Å².